The van der Waals surface area contributed by atoms with E-state index in [0.717, 1.165) is 48.6 Å². The number of aryl methyl sites for hydroxylation is 3. The zero-order valence-corrected chi connectivity index (χ0v) is 21.6. The van der Waals surface area contributed by atoms with Gasteiger partial charge in [0.1, 0.15) is 4.83 Å². The number of carbonyl (C=O) groups is 1. The third kappa shape index (κ3) is 5.18. The Morgan fingerprint density at radius 3 is 2.76 bits per heavy atom. The van der Waals surface area contributed by atoms with Crippen molar-refractivity contribution < 1.29 is 9.72 Å². The highest BCUT2D eigenvalue weighted by Gasteiger charge is 2.23. The molecule has 2 aromatic carbocycles. The van der Waals surface area contributed by atoms with E-state index in [0.29, 0.717) is 21.1 Å². The standard InChI is InChI=1S/C26H23N5O4S2/c1-16-10-12-18(13-11-16)30-25(33)23-19-7-3-5-9-21(19)37-24(23)28-26(30)36-15-22(32)29-27-14-17-6-2-4-8-20(17)31(34)35/h2,4,6,8,10-14H,3,5,7,9,15H2,1H3,(H,29,32). The van der Waals surface area contributed by atoms with Crippen LogP contribution in [0.4, 0.5) is 5.69 Å². The molecule has 1 aliphatic carbocycles. The van der Waals surface area contributed by atoms with E-state index in [1.54, 1.807) is 34.1 Å². The topological polar surface area (TPSA) is 119 Å². The molecule has 2 heterocycles. The lowest BCUT2D eigenvalue weighted by atomic mass is 9.97. The average molecular weight is 534 g/mol. The predicted octanol–water partition coefficient (Wildman–Crippen LogP) is 4.79. The molecule has 1 aliphatic rings. The molecule has 0 aliphatic heterocycles. The minimum absolute atomic E-state index is 0.0386. The highest BCUT2D eigenvalue weighted by Crippen LogP contribution is 2.35. The summed E-state index contributed by atoms with van der Waals surface area (Å²) < 4.78 is 1.58. The van der Waals surface area contributed by atoms with E-state index in [1.165, 1.54) is 17.2 Å². The zero-order valence-electron chi connectivity index (χ0n) is 20.0. The number of hydrazone groups is 1. The smallest absolute Gasteiger partial charge is 0.272 e. The molecule has 0 spiro atoms. The van der Waals surface area contributed by atoms with Crippen molar-refractivity contribution in [1.82, 2.24) is 15.0 Å². The van der Waals surface area contributed by atoms with Crippen LogP contribution in [-0.4, -0.2) is 32.3 Å². The van der Waals surface area contributed by atoms with Crippen molar-refractivity contribution >= 4 is 51.1 Å². The molecule has 0 saturated carbocycles. The van der Waals surface area contributed by atoms with Crippen molar-refractivity contribution in [1.29, 1.82) is 0 Å². The number of hydrogen-bond donors (Lipinski definition) is 1. The Balaban J connectivity index is 1.42. The molecule has 4 aromatic rings. The number of nitrogens with one attached hydrogen (secondary N) is 1. The van der Waals surface area contributed by atoms with Gasteiger partial charge >= 0.3 is 0 Å². The van der Waals surface area contributed by atoms with Crippen molar-refractivity contribution in [2.45, 2.75) is 37.8 Å². The molecule has 0 radical (unpaired) electrons. The molecule has 2 aromatic heterocycles. The van der Waals surface area contributed by atoms with Gasteiger partial charge in [-0.3, -0.25) is 24.3 Å². The highest BCUT2D eigenvalue weighted by molar-refractivity contribution is 7.99. The van der Waals surface area contributed by atoms with Crippen LogP contribution in [0, 0.1) is 17.0 Å². The van der Waals surface area contributed by atoms with Crippen LogP contribution in [0.15, 0.2) is 63.6 Å². The lowest BCUT2D eigenvalue weighted by molar-refractivity contribution is -0.385. The van der Waals surface area contributed by atoms with Crippen molar-refractivity contribution in [2.24, 2.45) is 5.10 Å². The third-order valence-electron chi connectivity index (χ3n) is 6.11. The second-order valence-electron chi connectivity index (χ2n) is 8.66. The number of carbonyl (C=O) groups excluding carboxylic acids is 1. The molecule has 0 bridgehead atoms. The van der Waals surface area contributed by atoms with Crippen molar-refractivity contribution in [2.75, 3.05) is 5.75 Å². The zero-order chi connectivity index (χ0) is 25.9. The van der Waals surface area contributed by atoms with E-state index >= 15 is 0 Å². The van der Waals surface area contributed by atoms with Gasteiger partial charge in [0.05, 0.1) is 33.5 Å². The first kappa shape index (κ1) is 24.8. The van der Waals surface area contributed by atoms with Gasteiger partial charge in [-0.05, 0) is 56.4 Å². The van der Waals surface area contributed by atoms with Gasteiger partial charge in [-0.25, -0.2) is 10.4 Å². The Kier molecular flexibility index (Phi) is 7.15. The number of nitro groups is 1. The third-order valence-corrected chi connectivity index (χ3v) is 8.23. The number of nitro benzene ring substituents is 1. The van der Waals surface area contributed by atoms with Gasteiger partial charge in [-0.2, -0.15) is 5.10 Å². The monoisotopic (exact) mass is 533 g/mol. The molecule has 0 atom stereocenters. The molecule has 0 unspecified atom stereocenters. The lowest BCUT2D eigenvalue weighted by Gasteiger charge is -2.13. The summed E-state index contributed by atoms with van der Waals surface area (Å²) >= 11 is 2.71. The molecular formula is C26H23N5O4S2. The van der Waals surface area contributed by atoms with Crippen molar-refractivity contribution in [3.8, 4) is 5.69 Å². The molecule has 9 nitrogen and oxygen atoms in total. The molecular weight excluding hydrogens is 510 g/mol. The summed E-state index contributed by atoms with van der Waals surface area (Å²) in [5, 5.41) is 16.1. The number of thioether (sulfide) groups is 1. The Labute approximate surface area is 220 Å². The molecule has 0 saturated heterocycles. The summed E-state index contributed by atoms with van der Waals surface area (Å²) in [4.78, 5) is 43.7. The second kappa shape index (κ2) is 10.7. The molecule has 188 valence electrons. The lowest BCUT2D eigenvalue weighted by Crippen LogP contribution is -2.24. The fourth-order valence-corrected chi connectivity index (χ4v) is 6.41. The molecule has 0 fully saturated rings. The number of rotatable bonds is 7. The summed E-state index contributed by atoms with van der Waals surface area (Å²) in [5.74, 6) is -0.460. The maximum atomic E-state index is 13.8. The Bertz CT molecular complexity index is 1590. The minimum Gasteiger partial charge on any atom is -0.272 e. The first-order chi connectivity index (χ1) is 17.9. The maximum absolute atomic E-state index is 13.8. The van der Waals surface area contributed by atoms with Gasteiger partial charge in [0.15, 0.2) is 5.16 Å². The van der Waals surface area contributed by atoms with Crippen LogP contribution >= 0.6 is 23.1 Å². The van der Waals surface area contributed by atoms with Gasteiger partial charge in [0.25, 0.3) is 17.2 Å². The van der Waals surface area contributed by atoms with Crippen LogP contribution in [0.25, 0.3) is 15.9 Å². The normalized spacial score (nSPS) is 13.1. The number of amides is 1. The highest BCUT2D eigenvalue weighted by atomic mass is 32.2. The fourth-order valence-electron chi connectivity index (χ4n) is 4.30. The number of nitrogens with zero attached hydrogens (tertiary/aromatic N) is 4. The summed E-state index contributed by atoms with van der Waals surface area (Å²) in [7, 11) is 0. The number of thiophene rings is 1. The second-order valence-corrected chi connectivity index (χ2v) is 10.7. The van der Waals surface area contributed by atoms with E-state index in [2.05, 4.69) is 10.5 Å². The number of benzene rings is 2. The Morgan fingerprint density at radius 1 is 1.22 bits per heavy atom. The van der Waals surface area contributed by atoms with Crippen LogP contribution in [0.3, 0.4) is 0 Å². The van der Waals surface area contributed by atoms with Crippen LogP contribution in [0.5, 0.6) is 0 Å². The quantitative estimate of drug-likeness (QED) is 0.120. The van der Waals surface area contributed by atoms with Crippen LogP contribution in [-0.2, 0) is 17.6 Å². The molecule has 5 rings (SSSR count). The van der Waals surface area contributed by atoms with E-state index in [1.807, 2.05) is 31.2 Å². The van der Waals surface area contributed by atoms with E-state index in [4.69, 9.17) is 4.98 Å². The number of para-hydroxylation sites is 1. The predicted molar refractivity (Wildman–Crippen MR) is 146 cm³/mol. The van der Waals surface area contributed by atoms with Gasteiger partial charge in [0.2, 0.25) is 0 Å². The van der Waals surface area contributed by atoms with Gasteiger partial charge in [0, 0.05) is 10.9 Å². The van der Waals surface area contributed by atoms with E-state index in [-0.39, 0.29) is 22.6 Å². The number of fused-ring (bicyclic) bond motifs is 3. The molecule has 11 heteroatoms. The number of hydrogen-bond acceptors (Lipinski definition) is 8. The first-order valence-corrected chi connectivity index (χ1v) is 13.5. The van der Waals surface area contributed by atoms with E-state index in [9.17, 15) is 19.7 Å². The van der Waals surface area contributed by atoms with Crippen LogP contribution in [0.1, 0.15) is 34.4 Å². The molecule has 1 N–H and O–H groups in total. The molecule has 1 amide bonds. The SMILES string of the molecule is Cc1ccc(-n2c(SCC(=O)NN=Cc3ccccc3[N+](=O)[O-])nc3sc4c(c3c2=O)CCCC4)cc1. The fraction of sp³-hybridized carbons (Fsp3) is 0.231. The summed E-state index contributed by atoms with van der Waals surface area (Å²) in [6.07, 6.45) is 5.26. The van der Waals surface area contributed by atoms with Crippen molar-refractivity contribution in [3.63, 3.8) is 0 Å². The Hall–Kier alpha value is -3.83. The largest absolute Gasteiger partial charge is 0.278 e. The van der Waals surface area contributed by atoms with E-state index < -0.39 is 10.8 Å². The average Bonchev–Trinajstić information content (AvgIpc) is 3.27. The first-order valence-electron chi connectivity index (χ1n) is 11.7. The molecule has 37 heavy (non-hydrogen) atoms. The Morgan fingerprint density at radius 2 is 1.97 bits per heavy atom. The number of aromatic nitrogens is 2. The van der Waals surface area contributed by atoms with Crippen molar-refractivity contribution in [3.05, 3.63) is 90.6 Å². The summed E-state index contributed by atoms with van der Waals surface area (Å²) in [6.45, 7) is 1.98. The van der Waals surface area contributed by atoms with Crippen LogP contribution < -0.4 is 11.0 Å². The maximum Gasteiger partial charge on any atom is 0.278 e. The van der Waals surface area contributed by atoms with Gasteiger partial charge in [-0.1, -0.05) is 41.6 Å². The van der Waals surface area contributed by atoms with Gasteiger partial charge in [-0.15, -0.1) is 11.3 Å². The minimum atomic E-state index is -0.506. The van der Waals surface area contributed by atoms with Crippen LogP contribution in [0.2, 0.25) is 0 Å². The summed E-state index contributed by atoms with van der Waals surface area (Å²) in [5.41, 5.74) is 5.34. The van der Waals surface area contributed by atoms with Gasteiger partial charge < -0.3 is 0 Å². The summed E-state index contributed by atoms with van der Waals surface area (Å²) in [6, 6.07) is 13.8.